The molecule has 1 aliphatic rings. The SMILES string of the molecule is C=C(C)[C@H]1C=C[C@](C)(Sc2ccccc2)CC1. The first kappa shape index (κ1) is 12.5. The monoisotopic (exact) mass is 244 g/mol. The van der Waals surface area contributed by atoms with Crippen molar-refractivity contribution in [2.45, 2.75) is 36.3 Å². The van der Waals surface area contributed by atoms with E-state index in [1.54, 1.807) is 0 Å². The Morgan fingerprint density at radius 2 is 2.06 bits per heavy atom. The van der Waals surface area contributed by atoms with Gasteiger partial charge in [0, 0.05) is 9.64 Å². The van der Waals surface area contributed by atoms with E-state index < -0.39 is 0 Å². The zero-order valence-corrected chi connectivity index (χ0v) is 11.5. The van der Waals surface area contributed by atoms with Gasteiger partial charge in [-0.05, 0) is 44.7 Å². The predicted octanol–water partition coefficient (Wildman–Crippen LogP) is 5.08. The highest BCUT2D eigenvalue weighted by Crippen LogP contribution is 2.42. The summed E-state index contributed by atoms with van der Waals surface area (Å²) in [6, 6.07) is 10.7. The van der Waals surface area contributed by atoms with Gasteiger partial charge >= 0.3 is 0 Å². The van der Waals surface area contributed by atoms with Crippen LogP contribution in [-0.2, 0) is 0 Å². The zero-order chi connectivity index (χ0) is 12.3. The number of allylic oxidation sites excluding steroid dienone is 2. The molecule has 1 heteroatoms. The maximum Gasteiger partial charge on any atom is 0.0358 e. The fourth-order valence-corrected chi connectivity index (χ4v) is 3.39. The average molecular weight is 244 g/mol. The second kappa shape index (κ2) is 5.14. The van der Waals surface area contributed by atoms with Crippen molar-refractivity contribution in [1.29, 1.82) is 0 Å². The lowest BCUT2D eigenvalue weighted by Crippen LogP contribution is -2.22. The van der Waals surface area contributed by atoms with Gasteiger partial charge in [0.05, 0.1) is 0 Å². The topological polar surface area (TPSA) is 0 Å². The molecule has 0 aliphatic heterocycles. The van der Waals surface area contributed by atoms with Gasteiger partial charge in [-0.25, -0.2) is 0 Å². The van der Waals surface area contributed by atoms with Gasteiger partial charge in [0.1, 0.15) is 0 Å². The molecular formula is C16H20S. The second-order valence-electron chi connectivity index (χ2n) is 5.08. The summed E-state index contributed by atoms with van der Waals surface area (Å²) in [5.41, 5.74) is 1.29. The molecule has 0 unspecified atom stereocenters. The van der Waals surface area contributed by atoms with E-state index in [4.69, 9.17) is 0 Å². The third-order valence-corrected chi connectivity index (χ3v) is 4.67. The van der Waals surface area contributed by atoms with Crippen molar-refractivity contribution in [2.24, 2.45) is 5.92 Å². The molecule has 0 bridgehead atoms. The Balaban J connectivity index is 2.07. The van der Waals surface area contributed by atoms with Crippen LogP contribution in [0.15, 0.2) is 59.5 Å². The van der Waals surface area contributed by atoms with E-state index >= 15 is 0 Å². The lowest BCUT2D eigenvalue weighted by atomic mass is 9.85. The maximum absolute atomic E-state index is 4.05. The van der Waals surface area contributed by atoms with Gasteiger partial charge in [-0.15, -0.1) is 11.8 Å². The van der Waals surface area contributed by atoms with E-state index in [0.29, 0.717) is 5.92 Å². The van der Waals surface area contributed by atoms with Crippen molar-refractivity contribution in [3.63, 3.8) is 0 Å². The second-order valence-corrected chi connectivity index (χ2v) is 6.69. The van der Waals surface area contributed by atoms with Gasteiger partial charge in [-0.1, -0.05) is 42.5 Å². The Labute approximate surface area is 109 Å². The molecule has 1 aromatic rings. The fraction of sp³-hybridized carbons (Fsp3) is 0.375. The van der Waals surface area contributed by atoms with Crippen LogP contribution in [-0.4, -0.2) is 4.75 Å². The molecule has 17 heavy (non-hydrogen) atoms. The smallest absolute Gasteiger partial charge is 0.0358 e. The van der Waals surface area contributed by atoms with Crippen LogP contribution in [0.4, 0.5) is 0 Å². The molecule has 90 valence electrons. The van der Waals surface area contributed by atoms with Crippen LogP contribution in [0.5, 0.6) is 0 Å². The number of benzene rings is 1. The van der Waals surface area contributed by atoms with Gasteiger partial charge in [0.25, 0.3) is 0 Å². The van der Waals surface area contributed by atoms with Crippen molar-refractivity contribution in [2.75, 3.05) is 0 Å². The molecule has 0 saturated carbocycles. The number of hydrogen-bond acceptors (Lipinski definition) is 1. The molecule has 1 aromatic carbocycles. The lowest BCUT2D eigenvalue weighted by molar-refractivity contribution is 0.545. The first-order chi connectivity index (χ1) is 8.09. The molecule has 0 amide bonds. The number of rotatable bonds is 3. The van der Waals surface area contributed by atoms with Gasteiger partial charge in [-0.2, -0.15) is 0 Å². The third kappa shape index (κ3) is 3.26. The maximum atomic E-state index is 4.05. The normalized spacial score (nSPS) is 28.0. The molecule has 2 rings (SSSR count). The Kier molecular flexibility index (Phi) is 3.78. The minimum Gasteiger partial charge on any atom is -0.115 e. The Morgan fingerprint density at radius 1 is 1.35 bits per heavy atom. The molecule has 0 heterocycles. The van der Waals surface area contributed by atoms with Crippen LogP contribution in [0.1, 0.15) is 26.7 Å². The van der Waals surface area contributed by atoms with Crippen molar-refractivity contribution >= 4 is 11.8 Å². The average Bonchev–Trinajstić information content (AvgIpc) is 2.30. The molecule has 0 nitrogen and oxygen atoms in total. The first-order valence-electron chi connectivity index (χ1n) is 6.18. The van der Waals surface area contributed by atoms with Crippen LogP contribution in [0.2, 0.25) is 0 Å². The van der Waals surface area contributed by atoms with Gasteiger partial charge in [-0.3, -0.25) is 0 Å². The van der Waals surface area contributed by atoms with Crippen LogP contribution in [0, 0.1) is 5.92 Å². The first-order valence-corrected chi connectivity index (χ1v) is 6.99. The van der Waals surface area contributed by atoms with Crippen LogP contribution in [0.3, 0.4) is 0 Å². The Bertz CT molecular complexity index is 418. The van der Waals surface area contributed by atoms with Crippen molar-refractivity contribution in [1.82, 2.24) is 0 Å². The van der Waals surface area contributed by atoms with E-state index in [1.165, 1.54) is 23.3 Å². The highest BCUT2D eigenvalue weighted by atomic mass is 32.2. The third-order valence-electron chi connectivity index (χ3n) is 3.36. The molecule has 1 aliphatic carbocycles. The zero-order valence-electron chi connectivity index (χ0n) is 10.6. The van der Waals surface area contributed by atoms with E-state index in [-0.39, 0.29) is 4.75 Å². The van der Waals surface area contributed by atoms with Crippen molar-refractivity contribution in [3.8, 4) is 0 Å². The van der Waals surface area contributed by atoms with E-state index in [1.807, 2.05) is 11.8 Å². The lowest BCUT2D eigenvalue weighted by Gasteiger charge is -2.32. The Hall–Kier alpha value is -0.950. The van der Waals surface area contributed by atoms with Crippen LogP contribution >= 0.6 is 11.8 Å². The molecule has 0 fully saturated rings. The summed E-state index contributed by atoms with van der Waals surface area (Å²) >= 11 is 1.96. The van der Waals surface area contributed by atoms with Crippen molar-refractivity contribution in [3.05, 3.63) is 54.6 Å². The van der Waals surface area contributed by atoms with Crippen LogP contribution < -0.4 is 0 Å². The predicted molar refractivity (Wildman–Crippen MR) is 77.4 cm³/mol. The van der Waals surface area contributed by atoms with E-state index in [9.17, 15) is 0 Å². The molecular weight excluding hydrogens is 224 g/mol. The van der Waals surface area contributed by atoms with Crippen molar-refractivity contribution < 1.29 is 0 Å². The fourth-order valence-electron chi connectivity index (χ4n) is 2.19. The minimum absolute atomic E-state index is 0.243. The summed E-state index contributed by atoms with van der Waals surface area (Å²) < 4.78 is 0.243. The van der Waals surface area contributed by atoms with E-state index in [0.717, 1.165) is 0 Å². The van der Waals surface area contributed by atoms with Gasteiger partial charge < -0.3 is 0 Å². The van der Waals surface area contributed by atoms with E-state index in [2.05, 4.69) is 62.9 Å². The quantitative estimate of drug-likeness (QED) is 0.668. The molecule has 0 spiro atoms. The molecule has 2 atom stereocenters. The number of thioether (sulfide) groups is 1. The summed E-state index contributed by atoms with van der Waals surface area (Å²) in [5, 5.41) is 0. The minimum atomic E-state index is 0.243. The summed E-state index contributed by atoms with van der Waals surface area (Å²) in [4.78, 5) is 1.36. The summed E-state index contributed by atoms with van der Waals surface area (Å²) in [7, 11) is 0. The standard InChI is InChI=1S/C16H20S/c1-13(2)14-9-11-16(3,12-10-14)17-15-7-5-4-6-8-15/h4-9,11,14H,1,10,12H2,2-3H3/t14-,16-/m0/s1. The largest absolute Gasteiger partial charge is 0.115 e. The molecule has 0 aromatic heterocycles. The van der Waals surface area contributed by atoms with Gasteiger partial charge in [0.2, 0.25) is 0 Å². The molecule has 0 saturated heterocycles. The highest BCUT2D eigenvalue weighted by Gasteiger charge is 2.27. The molecule has 0 N–H and O–H groups in total. The highest BCUT2D eigenvalue weighted by molar-refractivity contribution is 8.00. The molecule has 0 radical (unpaired) electrons. The van der Waals surface area contributed by atoms with Crippen LogP contribution in [0.25, 0.3) is 0 Å². The van der Waals surface area contributed by atoms with Gasteiger partial charge in [0.15, 0.2) is 0 Å². The Morgan fingerprint density at radius 3 is 2.59 bits per heavy atom. The summed E-state index contributed by atoms with van der Waals surface area (Å²) in [6.07, 6.45) is 7.15. The number of hydrogen-bond donors (Lipinski definition) is 0. The summed E-state index contributed by atoms with van der Waals surface area (Å²) in [5.74, 6) is 0.583. The summed E-state index contributed by atoms with van der Waals surface area (Å²) in [6.45, 7) is 8.51.